The zero-order chi connectivity index (χ0) is 21.5. The number of ether oxygens (including phenoxy) is 2. The third-order valence-electron chi connectivity index (χ3n) is 4.90. The number of anilines is 1. The number of carbonyl (C=O) groups excluding carboxylic acids is 1. The lowest BCUT2D eigenvalue weighted by atomic mass is 10.0. The van der Waals surface area contributed by atoms with Gasteiger partial charge in [0.2, 0.25) is 5.90 Å². The van der Waals surface area contributed by atoms with Gasteiger partial charge in [-0.05, 0) is 36.8 Å². The van der Waals surface area contributed by atoms with Crippen LogP contribution in [0, 0.1) is 0 Å². The van der Waals surface area contributed by atoms with Gasteiger partial charge < -0.3 is 9.47 Å². The molecular weight excluding hydrogens is 388 g/mol. The molecule has 1 unspecified atom stereocenters. The standard InChI is InChI=1S/C26H24N2O3/c1-2-30-25(29)19-24-23(18-20-12-6-3-7-13-20)28(22-16-10-5-11-17-22)27-26(31-24)21-14-8-4-9-15-21/h3-17,19,23H,2,18H2,1H3/b24-19-. The maximum atomic E-state index is 12.4. The first-order valence-corrected chi connectivity index (χ1v) is 10.3. The van der Waals surface area contributed by atoms with Crippen molar-refractivity contribution in [1.82, 2.24) is 0 Å². The molecule has 3 aromatic carbocycles. The average molecular weight is 412 g/mol. The van der Waals surface area contributed by atoms with E-state index in [2.05, 4.69) is 12.1 Å². The summed E-state index contributed by atoms with van der Waals surface area (Å²) in [6.45, 7) is 2.08. The van der Waals surface area contributed by atoms with Gasteiger partial charge in [0.15, 0.2) is 0 Å². The predicted octanol–water partition coefficient (Wildman–Crippen LogP) is 4.94. The fourth-order valence-electron chi connectivity index (χ4n) is 3.45. The lowest BCUT2D eigenvalue weighted by Gasteiger charge is -2.35. The summed E-state index contributed by atoms with van der Waals surface area (Å²) in [5.74, 6) is 0.502. The van der Waals surface area contributed by atoms with E-state index in [0.717, 1.165) is 16.8 Å². The van der Waals surface area contributed by atoms with Crippen LogP contribution in [0.2, 0.25) is 0 Å². The van der Waals surface area contributed by atoms with Gasteiger partial charge in [0, 0.05) is 12.0 Å². The molecule has 1 heterocycles. The Kier molecular flexibility index (Phi) is 6.43. The molecule has 3 aromatic rings. The summed E-state index contributed by atoms with van der Waals surface area (Å²) in [4.78, 5) is 12.4. The fourth-order valence-corrected chi connectivity index (χ4v) is 3.45. The van der Waals surface area contributed by atoms with Gasteiger partial charge in [0.05, 0.1) is 18.4 Å². The summed E-state index contributed by atoms with van der Waals surface area (Å²) in [5, 5.41) is 6.76. The van der Waals surface area contributed by atoms with E-state index >= 15 is 0 Å². The molecule has 1 aliphatic heterocycles. The lowest BCUT2D eigenvalue weighted by molar-refractivity contribution is -0.137. The van der Waals surface area contributed by atoms with Crippen molar-refractivity contribution in [1.29, 1.82) is 0 Å². The minimum absolute atomic E-state index is 0.300. The van der Waals surface area contributed by atoms with E-state index in [0.29, 0.717) is 24.7 Å². The number of rotatable bonds is 6. The zero-order valence-corrected chi connectivity index (χ0v) is 17.3. The molecule has 0 saturated heterocycles. The Hall–Kier alpha value is -3.86. The van der Waals surface area contributed by atoms with Gasteiger partial charge in [-0.15, -0.1) is 5.10 Å². The summed E-state index contributed by atoms with van der Waals surface area (Å²) in [5.41, 5.74) is 2.86. The Labute approximate surface area is 182 Å². The van der Waals surface area contributed by atoms with Crippen molar-refractivity contribution in [3.63, 3.8) is 0 Å². The highest BCUT2D eigenvalue weighted by atomic mass is 16.5. The maximum Gasteiger partial charge on any atom is 0.334 e. The van der Waals surface area contributed by atoms with Crippen LogP contribution >= 0.6 is 0 Å². The minimum atomic E-state index is -0.433. The molecule has 1 aliphatic rings. The number of esters is 1. The first-order chi connectivity index (χ1) is 15.2. The highest BCUT2D eigenvalue weighted by Crippen LogP contribution is 2.30. The number of para-hydroxylation sites is 1. The molecule has 5 heteroatoms. The van der Waals surface area contributed by atoms with Crippen LogP contribution in [0.4, 0.5) is 5.69 Å². The quantitative estimate of drug-likeness (QED) is 0.425. The Bertz CT molecular complexity index is 1060. The van der Waals surface area contributed by atoms with Crippen molar-refractivity contribution < 1.29 is 14.3 Å². The van der Waals surface area contributed by atoms with Crippen molar-refractivity contribution in [3.05, 3.63) is 114 Å². The largest absolute Gasteiger partial charge is 0.463 e. The smallest absolute Gasteiger partial charge is 0.334 e. The Balaban J connectivity index is 1.81. The number of hydrogen-bond acceptors (Lipinski definition) is 5. The molecule has 4 rings (SSSR count). The summed E-state index contributed by atoms with van der Waals surface area (Å²) >= 11 is 0. The average Bonchev–Trinajstić information content (AvgIpc) is 2.82. The van der Waals surface area contributed by atoms with Gasteiger partial charge in [-0.3, -0.25) is 5.01 Å². The number of hydrazone groups is 1. The SMILES string of the molecule is CCOC(=O)/C=C1\OC(c2ccccc2)=NN(c2ccccc2)C1Cc1ccccc1. The zero-order valence-electron chi connectivity index (χ0n) is 17.3. The first-order valence-electron chi connectivity index (χ1n) is 10.3. The van der Waals surface area contributed by atoms with E-state index in [-0.39, 0.29) is 6.04 Å². The highest BCUT2D eigenvalue weighted by Gasteiger charge is 2.32. The van der Waals surface area contributed by atoms with Crippen LogP contribution in [0.1, 0.15) is 18.1 Å². The molecule has 0 radical (unpaired) electrons. The molecule has 0 amide bonds. The van der Waals surface area contributed by atoms with Crippen molar-refractivity contribution >= 4 is 17.6 Å². The molecule has 0 N–H and O–H groups in total. The molecule has 31 heavy (non-hydrogen) atoms. The van der Waals surface area contributed by atoms with E-state index in [1.54, 1.807) is 6.92 Å². The third-order valence-corrected chi connectivity index (χ3v) is 4.90. The van der Waals surface area contributed by atoms with E-state index in [4.69, 9.17) is 14.6 Å². The minimum Gasteiger partial charge on any atom is -0.463 e. The molecule has 0 saturated carbocycles. The second kappa shape index (κ2) is 9.76. The lowest BCUT2D eigenvalue weighted by Crippen LogP contribution is -2.41. The molecule has 156 valence electrons. The molecule has 1 atom stereocenters. The molecule has 0 fully saturated rings. The number of carbonyl (C=O) groups is 1. The van der Waals surface area contributed by atoms with Crippen molar-refractivity contribution in [2.75, 3.05) is 11.6 Å². The number of nitrogens with zero attached hydrogens (tertiary/aromatic N) is 2. The molecule has 0 spiro atoms. The van der Waals surface area contributed by atoms with Gasteiger partial charge >= 0.3 is 5.97 Å². The van der Waals surface area contributed by atoms with Crippen molar-refractivity contribution in [2.45, 2.75) is 19.4 Å². The summed E-state index contributed by atoms with van der Waals surface area (Å²) in [6, 6.07) is 29.4. The van der Waals surface area contributed by atoms with E-state index in [9.17, 15) is 4.79 Å². The maximum absolute atomic E-state index is 12.4. The van der Waals surface area contributed by atoms with E-state index in [1.807, 2.05) is 83.9 Å². The Morgan fingerprint density at radius 3 is 2.23 bits per heavy atom. The normalized spacial score (nSPS) is 17.1. The molecule has 0 aliphatic carbocycles. The summed E-state index contributed by atoms with van der Waals surface area (Å²) in [7, 11) is 0. The van der Waals surface area contributed by atoms with E-state index in [1.165, 1.54) is 6.08 Å². The molecular formula is C26H24N2O3. The van der Waals surface area contributed by atoms with Gasteiger partial charge in [-0.2, -0.15) is 0 Å². The number of hydrogen-bond donors (Lipinski definition) is 0. The predicted molar refractivity (Wildman–Crippen MR) is 122 cm³/mol. The van der Waals surface area contributed by atoms with Crippen LogP contribution in [0.3, 0.4) is 0 Å². The van der Waals surface area contributed by atoms with Crippen LogP contribution in [-0.2, 0) is 20.7 Å². The second-order valence-corrected chi connectivity index (χ2v) is 7.06. The number of benzene rings is 3. The van der Waals surface area contributed by atoms with Gasteiger partial charge in [-0.25, -0.2) is 4.79 Å². The van der Waals surface area contributed by atoms with Crippen LogP contribution in [0.15, 0.2) is 108 Å². The van der Waals surface area contributed by atoms with E-state index < -0.39 is 5.97 Å². The molecule has 0 aromatic heterocycles. The molecule has 0 bridgehead atoms. The van der Waals surface area contributed by atoms with Crippen molar-refractivity contribution in [2.24, 2.45) is 5.10 Å². The van der Waals surface area contributed by atoms with Crippen LogP contribution in [0.5, 0.6) is 0 Å². The third kappa shape index (κ3) is 5.01. The Morgan fingerprint density at radius 1 is 0.968 bits per heavy atom. The Morgan fingerprint density at radius 2 is 1.58 bits per heavy atom. The second-order valence-electron chi connectivity index (χ2n) is 7.06. The van der Waals surface area contributed by atoms with Crippen LogP contribution < -0.4 is 5.01 Å². The first kappa shape index (κ1) is 20.4. The topological polar surface area (TPSA) is 51.1 Å². The van der Waals surface area contributed by atoms with Crippen LogP contribution in [-0.4, -0.2) is 24.5 Å². The highest BCUT2D eigenvalue weighted by molar-refractivity contribution is 5.97. The monoisotopic (exact) mass is 412 g/mol. The van der Waals surface area contributed by atoms with Crippen molar-refractivity contribution in [3.8, 4) is 0 Å². The van der Waals surface area contributed by atoms with Gasteiger partial charge in [-0.1, -0.05) is 66.7 Å². The summed E-state index contributed by atoms with van der Waals surface area (Å²) in [6.07, 6.45) is 2.05. The van der Waals surface area contributed by atoms with Crippen LogP contribution in [0.25, 0.3) is 0 Å². The fraction of sp³-hybridized carbons (Fsp3) is 0.154. The summed E-state index contributed by atoms with van der Waals surface area (Å²) < 4.78 is 11.4. The molecule has 5 nitrogen and oxygen atoms in total. The van der Waals surface area contributed by atoms with Gasteiger partial charge in [0.1, 0.15) is 11.8 Å². The van der Waals surface area contributed by atoms with Gasteiger partial charge in [0.25, 0.3) is 0 Å².